The molecule has 2 aromatic heterocycles. The Morgan fingerprint density at radius 1 is 1.10 bits per heavy atom. The molecule has 4 aromatic rings. The molecule has 1 amide bonds. The van der Waals surface area contributed by atoms with Crippen LogP contribution in [0.1, 0.15) is 34.3 Å². The zero-order valence-corrected chi connectivity index (χ0v) is 15.9. The summed E-state index contributed by atoms with van der Waals surface area (Å²) in [4.78, 5) is 16.9. The van der Waals surface area contributed by atoms with Gasteiger partial charge in [0.1, 0.15) is 22.3 Å². The van der Waals surface area contributed by atoms with Crippen LogP contribution in [0.15, 0.2) is 65.4 Å². The van der Waals surface area contributed by atoms with Gasteiger partial charge >= 0.3 is 0 Å². The minimum absolute atomic E-state index is 0.192. The summed E-state index contributed by atoms with van der Waals surface area (Å²) in [6, 6.07) is 16.0. The molecule has 1 aliphatic rings. The van der Waals surface area contributed by atoms with Crippen molar-refractivity contribution in [1.29, 1.82) is 0 Å². The third-order valence-corrected chi connectivity index (χ3v) is 5.12. The summed E-state index contributed by atoms with van der Waals surface area (Å²) >= 11 is 0. The Hall–Kier alpha value is -3.78. The van der Waals surface area contributed by atoms with E-state index in [1.165, 1.54) is 0 Å². The predicted octanol–water partition coefficient (Wildman–Crippen LogP) is 3.32. The van der Waals surface area contributed by atoms with Crippen LogP contribution in [0.4, 0.5) is 0 Å². The Bertz CT molecular complexity index is 1220. The average Bonchev–Trinajstić information content (AvgIpc) is 3.35. The van der Waals surface area contributed by atoms with Gasteiger partial charge in [0.2, 0.25) is 5.88 Å². The molecule has 2 N–H and O–H groups in total. The van der Waals surface area contributed by atoms with E-state index in [1.54, 1.807) is 36.5 Å². The quantitative estimate of drug-likeness (QED) is 0.509. The lowest BCUT2D eigenvalue weighted by Crippen LogP contribution is -2.23. The number of amides is 1. The SMILES string of the molecule is O=C(NCc1ccc(C2(O)CC2)cc1)c1cccnc1Oc1ccc2nonc2c1. The normalized spacial score (nSPS) is 14.4. The third-order valence-electron chi connectivity index (χ3n) is 5.12. The number of hydrogen-bond acceptors (Lipinski definition) is 7. The number of rotatable bonds is 6. The number of fused-ring (bicyclic) bond motifs is 1. The number of pyridine rings is 1. The second-order valence-corrected chi connectivity index (χ2v) is 7.28. The van der Waals surface area contributed by atoms with Crippen LogP contribution in [-0.4, -0.2) is 26.3 Å². The molecule has 0 aliphatic heterocycles. The molecular formula is C22H18N4O4. The maximum atomic E-state index is 12.7. The van der Waals surface area contributed by atoms with Crippen LogP contribution in [0.5, 0.6) is 11.6 Å². The Labute approximate surface area is 171 Å². The Balaban J connectivity index is 1.28. The van der Waals surface area contributed by atoms with E-state index >= 15 is 0 Å². The third kappa shape index (κ3) is 3.60. The highest BCUT2D eigenvalue weighted by atomic mass is 16.6. The van der Waals surface area contributed by atoms with Crippen molar-refractivity contribution < 1.29 is 19.3 Å². The number of ether oxygens (including phenoxy) is 1. The number of benzene rings is 2. The molecule has 5 rings (SSSR count). The number of hydrogen-bond donors (Lipinski definition) is 2. The standard InChI is InChI=1S/C22H18N4O4/c27-20(24-13-14-3-5-15(6-4-14)22(28)9-10-22)17-2-1-11-23-21(17)29-16-7-8-18-19(12-16)26-30-25-18/h1-8,11-12,28H,9-10,13H2,(H,24,27). The molecule has 1 saturated carbocycles. The van der Waals surface area contributed by atoms with Gasteiger partial charge < -0.3 is 15.2 Å². The van der Waals surface area contributed by atoms with Crippen LogP contribution >= 0.6 is 0 Å². The second kappa shape index (κ2) is 7.23. The van der Waals surface area contributed by atoms with E-state index in [9.17, 15) is 9.90 Å². The summed E-state index contributed by atoms with van der Waals surface area (Å²) in [5, 5.41) is 20.6. The van der Waals surface area contributed by atoms with Gasteiger partial charge in [0.05, 0.1) is 5.60 Å². The van der Waals surface area contributed by atoms with Crippen LogP contribution in [0.3, 0.4) is 0 Å². The van der Waals surface area contributed by atoms with E-state index in [0.717, 1.165) is 24.0 Å². The number of aromatic nitrogens is 3. The average molecular weight is 402 g/mol. The Kier molecular flexibility index (Phi) is 4.40. The topological polar surface area (TPSA) is 110 Å². The van der Waals surface area contributed by atoms with Crippen molar-refractivity contribution in [2.45, 2.75) is 25.0 Å². The predicted molar refractivity (Wildman–Crippen MR) is 107 cm³/mol. The van der Waals surface area contributed by atoms with E-state index in [4.69, 9.17) is 4.74 Å². The van der Waals surface area contributed by atoms with Crippen molar-refractivity contribution in [2.75, 3.05) is 0 Å². The van der Waals surface area contributed by atoms with Crippen molar-refractivity contribution in [1.82, 2.24) is 20.6 Å². The molecule has 1 fully saturated rings. The number of carbonyl (C=O) groups excluding carboxylic acids is 1. The lowest BCUT2D eigenvalue weighted by Gasteiger charge is -2.11. The van der Waals surface area contributed by atoms with Crippen LogP contribution in [0, 0.1) is 0 Å². The summed E-state index contributed by atoms with van der Waals surface area (Å²) in [5.41, 5.74) is 2.68. The molecule has 0 bridgehead atoms. The summed E-state index contributed by atoms with van der Waals surface area (Å²) in [7, 11) is 0. The summed E-state index contributed by atoms with van der Waals surface area (Å²) in [6.07, 6.45) is 3.16. The number of carbonyl (C=O) groups is 1. The first-order valence-electron chi connectivity index (χ1n) is 9.56. The van der Waals surface area contributed by atoms with Gasteiger partial charge in [-0.25, -0.2) is 9.61 Å². The number of nitrogens with zero attached hydrogens (tertiary/aromatic N) is 3. The second-order valence-electron chi connectivity index (χ2n) is 7.28. The van der Waals surface area contributed by atoms with Crippen molar-refractivity contribution in [3.05, 3.63) is 77.5 Å². The van der Waals surface area contributed by atoms with Crippen molar-refractivity contribution in [3.8, 4) is 11.6 Å². The van der Waals surface area contributed by atoms with E-state index < -0.39 is 5.60 Å². The van der Waals surface area contributed by atoms with Crippen LogP contribution < -0.4 is 10.1 Å². The van der Waals surface area contributed by atoms with E-state index in [2.05, 4.69) is 25.2 Å². The first-order chi connectivity index (χ1) is 14.6. The summed E-state index contributed by atoms with van der Waals surface area (Å²) < 4.78 is 10.5. The smallest absolute Gasteiger partial charge is 0.257 e. The first kappa shape index (κ1) is 18.3. The zero-order chi connectivity index (χ0) is 20.6. The minimum atomic E-state index is -0.658. The summed E-state index contributed by atoms with van der Waals surface area (Å²) in [6.45, 7) is 0.350. The Morgan fingerprint density at radius 2 is 1.90 bits per heavy atom. The highest BCUT2D eigenvalue weighted by Gasteiger charge is 2.41. The van der Waals surface area contributed by atoms with Gasteiger partial charge in [-0.1, -0.05) is 24.3 Å². The van der Waals surface area contributed by atoms with Gasteiger partial charge in [-0.2, -0.15) is 0 Å². The van der Waals surface area contributed by atoms with Crippen molar-refractivity contribution >= 4 is 16.9 Å². The maximum Gasteiger partial charge on any atom is 0.257 e. The lowest BCUT2D eigenvalue weighted by molar-refractivity contribution is 0.0948. The van der Waals surface area contributed by atoms with Gasteiger partial charge in [0.15, 0.2) is 0 Å². The molecular weight excluding hydrogens is 384 g/mol. The molecule has 0 saturated heterocycles. The summed E-state index contributed by atoms with van der Waals surface area (Å²) in [5.74, 6) is 0.365. The molecule has 1 aliphatic carbocycles. The molecule has 2 aromatic carbocycles. The first-order valence-corrected chi connectivity index (χ1v) is 9.56. The maximum absolute atomic E-state index is 12.7. The van der Waals surface area contributed by atoms with Gasteiger partial charge in [0, 0.05) is 18.8 Å². The molecule has 0 unspecified atom stereocenters. The molecule has 30 heavy (non-hydrogen) atoms. The zero-order valence-electron chi connectivity index (χ0n) is 15.9. The molecule has 8 heteroatoms. The highest BCUT2D eigenvalue weighted by molar-refractivity contribution is 5.96. The van der Waals surface area contributed by atoms with E-state index in [0.29, 0.717) is 28.9 Å². The molecule has 0 atom stereocenters. The van der Waals surface area contributed by atoms with Crippen molar-refractivity contribution in [3.63, 3.8) is 0 Å². The monoisotopic (exact) mass is 402 g/mol. The number of nitrogens with one attached hydrogen (secondary N) is 1. The molecule has 0 radical (unpaired) electrons. The lowest BCUT2D eigenvalue weighted by atomic mass is 10.1. The van der Waals surface area contributed by atoms with Gasteiger partial charge in [-0.05, 0) is 58.5 Å². The molecule has 2 heterocycles. The van der Waals surface area contributed by atoms with E-state index in [1.807, 2.05) is 24.3 Å². The minimum Gasteiger partial charge on any atom is -0.438 e. The number of aliphatic hydroxyl groups is 1. The fourth-order valence-electron chi connectivity index (χ4n) is 3.20. The fourth-order valence-corrected chi connectivity index (χ4v) is 3.20. The van der Waals surface area contributed by atoms with E-state index in [-0.39, 0.29) is 11.8 Å². The van der Waals surface area contributed by atoms with Gasteiger partial charge in [0.25, 0.3) is 5.91 Å². The van der Waals surface area contributed by atoms with Crippen LogP contribution in [0.2, 0.25) is 0 Å². The fraction of sp³-hybridized carbons (Fsp3) is 0.182. The van der Waals surface area contributed by atoms with Gasteiger partial charge in [-0.3, -0.25) is 4.79 Å². The van der Waals surface area contributed by atoms with Gasteiger partial charge in [-0.15, -0.1) is 0 Å². The molecule has 8 nitrogen and oxygen atoms in total. The largest absolute Gasteiger partial charge is 0.438 e. The molecule has 0 spiro atoms. The highest BCUT2D eigenvalue weighted by Crippen LogP contribution is 2.45. The molecule has 150 valence electrons. The van der Waals surface area contributed by atoms with Crippen LogP contribution in [0.25, 0.3) is 11.0 Å². The van der Waals surface area contributed by atoms with Crippen molar-refractivity contribution in [2.24, 2.45) is 0 Å². The Morgan fingerprint density at radius 3 is 2.70 bits per heavy atom. The van der Waals surface area contributed by atoms with Crippen LogP contribution in [-0.2, 0) is 12.1 Å².